The number of carbonyl (C=O) groups excluding carboxylic acids is 1. The van der Waals surface area contributed by atoms with Crippen molar-refractivity contribution in [3.63, 3.8) is 0 Å². The summed E-state index contributed by atoms with van der Waals surface area (Å²) in [5.74, 6) is 0.683. The third-order valence-electron chi connectivity index (χ3n) is 2.62. The summed E-state index contributed by atoms with van der Waals surface area (Å²) in [6.07, 6.45) is 4.66. The molecule has 2 atom stereocenters. The Morgan fingerprint density at radius 1 is 1.36 bits per heavy atom. The largest absolute Gasteiger partial charge is 0.469 e. The highest BCUT2D eigenvalue weighted by Crippen LogP contribution is 2.30. The number of esters is 1. The van der Waals surface area contributed by atoms with Crippen LogP contribution in [-0.2, 0) is 9.53 Å². The van der Waals surface area contributed by atoms with Crippen LogP contribution in [0.1, 0.15) is 32.6 Å². The fourth-order valence-corrected chi connectivity index (χ4v) is 1.82. The summed E-state index contributed by atoms with van der Waals surface area (Å²) < 4.78 is 4.72. The first-order valence-corrected chi connectivity index (χ1v) is 4.33. The SMILES string of the molecule is COC(=O)[C@H]1CCCC[C@@H]1C. The number of hydrogen-bond donors (Lipinski definition) is 0. The van der Waals surface area contributed by atoms with Crippen LogP contribution in [0.25, 0.3) is 0 Å². The van der Waals surface area contributed by atoms with Crippen LogP contribution in [0, 0.1) is 11.8 Å². The molecule has 1 saturated carbocycles. The van der Waals surface area contributed by atoms with Crippen LogP contribution < -0.4 is 0 Å². The summed E-state index contributed by atoms with van der Waals surface area (Å²) in [4.78, 5) is 11.2. The van der Waals surface area contributed by atoms with Gasteiger partial charge in [0, 0.05) is 0 Å². The minimum atomic E-state index is -0.0165. The Morgan fingerprint density at radius 3 is 2.55 bits per heavy atom. The number of carbonyl (C=O) groups is 1. The van der Waals surface area contributed by atoms with E-state index >= 15 is 0 Å². The average Bonchev–Trinajstić information content (AvgIpc) is 2.04. The minimum Gasteiger partial charge on any atom is -0.469 e. The summed E-state index contributed by atoms with van der Waals surface area (Å²) in [7, 11) is 1.48. The van der Waals surface area contributed by atoms with Gasteiger partial charge in [0.25, 0.3) is 0 Å². The Labute approximate surface area is 67.9 Å². The molecule has 2 nitrogen and oxygen atoms in total. The molecule has 0 aliphatic heterocycles. The molecule has 0 aromatic rings. The van der Waals surface area contributed by atoms with Gasteiger partial charge in [-0.15, -0.1) is 0 Å². The zero-order chi connectivity index (χ0) is 8.27. The molecule has 0 unspecified atom stereocenters. The summed E-state index contributed by atoms with van der Waals surface area (Å²) in [6, 6.07) is 0. The highest BCUT2D eigenvalue weighted by molar-refractivity contribution is 5.72. The quantitative estimate of drug-likeness (QED) is 0.543. The molecule has 0 aromatic heterocycles. The highest BCUT2D eigenvalue weighted by Gasteiger charge is 2.27. The maximum Gasteiger partial charge on any atom is 0.308 e. The van der Waals surface area contributed by atoms with Gasteiger partial charge in [-0.2, -0.15) is 0 Å². The fraction of sp³-hybridized carbons (Fsp3) is 0.889. The van der Waals surface area contributed by atoms with Crippen molar-refractivity contribution in [3.05, 3.63) is 0 Å². The lowest BCUT2D eigenvalue weighted by molar-refractivity contribution is -0.148. The van der Waals surface area contributed by atoms with E-state index in [1.165, 1.54) is 26.4 Å². The van der Waals surface area contributed by atoms with Gasteiger partial charge in [0.05, 0.1) is 13.0 Å². The van der Waals surface area contributed by atoms with Crippen LogP contribution >= 0.6 is 0 Å². The van der Waals surface area contributed by atoms with Gasteiger partial charge in [0.2, 0.25) is 0 Å². The molecule has 64 valence electrons. The predicted octanol–water partition coefficient (Wildman–Crippen LogP) is 1.99. The van der Waals surface area contributed by atoms with E-state index in [0.29, 0.717) is 5.92 Å². The van der Waals surface area contributed by atoms with Crippen LogP contribution in [0.4, 0.5) is 0 Å². The molecule has 11 heavy (non-hydrogen) atoms. The van der Waals surface area contributed by atoms with Gasteiger partial charge in [-0.3, -0.25) is 4.79 Å². The zero-order valence-corrected chi connectivity index (χ0v) is 7.30. The molecule has 2 heteroatoms. The smallest absolute Gasteiger partial charge is 0.308 e. The molecule has 1 fully saturated rings. The van der Waals surface area contributed by atoms with Gasteiger partial charge in [-0.25, -0.2) is 0 Å². The molecule has 0 spiro atoms. The summed E-state index contributed by atoms with van der Waals surface area (Å²) >= 11 is 0. The lowest BCUT2D eigenvalue weighted by atomic mass is 9.80. The topological polar surface area (TPSA) is 26.3 Å². The maximum atomic E-state index is 11.2. The molecule has 0 aromatic carbocycles. The van der Waals surface area contributed by atoms with Crippen molar-refractivity contribution >= 4 is 5.97 Å². The Balaban J connectivity index is 2.47. The van der Waals surface area contributed by atoms with Crippen LogP contribution in [0.5, 0.6) is 0 Å². The lowest BCUT2D eigenvalue weighted by Gasteiger charge is -2.25. The fourth-order valence-electron chi connectivity index (χ4n) is 1.82. The van der Waals surface area contributed by atoms with Gasteiger partial charge in [-0.05, 0) is 18.8 Å². The van der Waals surface area contributed by atoms with Crippen LogP contribution in [0.2, 0.25) is 0 Å². The standard InChI is InChI=1S/C9H16O2/c1-7-5-3-4-6-8(7)9(10)11-2/h7-8H,3-6H2,1-2H3/t7-,8-/m0/s1. The number of hydrogen-bond acceptors (Lipinski definition) is 2. The third-order valence-corrected chi connectivity index (χ3v) is 2.62. The molecule has 0 radical (unpaired) electrons. The van der Waals surface area contributed by atoms with Gasteiger partial charge < -0.3 is 4.74 Å². The lowest BCUT2D eigenvalue weighted by Crippen LogP contribution is -2.26. The monoisotopic (exact) mass is 156 g/mol. The van der Waals surface area contributed by atoms with E-state index in [9.17, 15) is 4.79 Å². The molecule has 0 saturated heterocycles. The summed E-state index contributed by atoms with van der Waals surface area (Å²) in [5.41, 5.74) is 0. The summed E-state index contributed by atoms with van der Waals surface area (Å²) in [6.45, 7) is 2.14. The van der Waals surface area contributed by atoms with E-state index in [1.807, 2.05) is 0 Å². The van der Waals surface area contributed by atoms with E-state index < -0.39 is 0 Å². The Bertz CT molecular complexity index is 142. The van der Waals surface area contributed by atoms with Crippen molar-refractivity contribution in [2.75, 3.05) is 7.11 Å². The van der Waals surface area contributed by atoms with E-state index in [1.54, 1.807) is 0 Å². The molecule has 0 amide bonds. The number of rotatable bonds is 1. The average molecular weight is 156 g/mol. The van der Waals surface area contributed by atoms with E-state index in [4.69, 9.17) is 4.74 Å². The Hall–Kier alpha value is -0.530. The van der Waals surface area contributed by atoms with E-state index in [0.717, 1.165) is 6.42 Å². The maximum absolute atomic E-state index is 11.2. The molecule has 0 bridgehead atoms. The number of ether oxygens (including phenoxy) is 1. The molecular formula is C9H16O2. The molecule has 0 heterocycles. The number of methoxy groups -OCH3 is 1. The predicted molar refractivity (Wildman–Crippen MR) is 43.1 cm³/mol. The Morgan fingerprint density at radius 2 is 2.00 bits per heavy atom. The van der Waals surface area contributed by atoms with Crippen molar-refractivity contribution in [1.29, 1.82) is 0 Å². The second kappa shape index (κ2) is 3.74. The van der Waals surface area contributed by atoms with Crippen molar-refractivity contribution in [2.24, 2.45) is 11.8 Å². The first kappa shape index (κ1) is 8.57. The van der Waals surface area contributed by atoms with Crippen molar-refractivity contribution in [1.82, 2.24) is 0 Å². The van der Waals surface area contributed by atoms with Gasteiger partial charge in [0.1, 0.15) is 0 Å². The zero-order valence-electron chi connectivity index (χ0n) is 7.30. The van der Waals surface area contributed by atoms with Gasteiger partial charge in [0.15, 0.2) is 0 Å². The van der Waals surface area contributed by atoms with Crippen LogP contribution in [0.15, 0.2) is 0 Å². The normalized spacial score (nSPS) is 31.5. The molecule has 1 aliphatic carbocycles. The van der Waals surface area contributed by atoms with Crippen molar-refractivity contribution < 1.29 is 9.53 Å². The minimum absolute atomic E-state index is 0.0165. The second-order valence-electron chi connectivity index (χ2n) is 3.39. The molecule has 1 rings (SSSR count). The van der Waals surface area contributed by atoms with Crippen molar-refractivity contribution in [3.8, 4) is 0 Å². The first-order valence-electron chi connectivity index (χ1n) is 4.33. The molecular weight excluding hydrogens is 140 g/mol. The second-order valence-corrected chi connectivity index (χ2v) is 3.39. The van der Waals surface area contributed by atoms with Gasteiger partial charge >= 0.3 is 5.97 Å². The molecule has 1 aliphatic rings. The molecule has 0 N–H and O–H groups in total. The highest BCUT2D eigenvalue weighted by atomic mass is 16.5. The Kier molecular flexibility index (Phi) is 2.92. The van der Waals surface area contributed by atoms with E-state index in [2.05, 4.69) is 6.92 Å². The van der Waals surface area contributed by atoms with Crippen LogP contribution in [0.3, 0.4) is 0 Å². The first-order chi connectivity index (χ1) is 5.25. The summed E-state index contributed by atoms with van der Waals surface area (Å²) in [5, 5.41) is 0. The van der Waals surface area contributed by atoms with E-state index in [-0.39, 0.29) is 11.9 Å². The van der Waals surface area contributed by atoms with Crippen LogP contribution in [-0.4, -0.2) is 13.1 Å². The van der Waals surface area contributed by atoms with Gasteiger partial charge in [-0.1, -0.05) is 19.8 Å². The van der Waals surface area contributed by atoms with Crippen molar-refractivity contribution in [2.45, 2.75) is 32.6 Å². The third kappa shape index (κ3) is 1.95.